The van der Waals surface area contributed by atoms with E-state index < -0.39 is 0 Å². The van der Waals surface area contributed by atoms with Gasteiger partial charge in [0.05, 0.1) is 13.0 Å². The molecule has 0 saturated carbocycles. The van der Waals surface area contributed by atoms with E-state index >= 15 is 0 Å². The molecule has 146 valence electrons. The third-order valence-corrected chi connectivity index (χ3v) is 5.94. The number of likely N-dealkylation sites (tertiary alicyclic amines) is 1. The van der Waals surface area contributed by atoms with Crippen LogP contribution >= 0.6 is 0 Å². The molecule has 0 aromatic heterocycles. The first-order valence-electron chi connectivity index (χ1n) is 9.84. The van der Waals surface area contributed by atoms with Gasteiger partial charge in [0.15, 0.2) is 0 Å². The van der Waals surface area contributed by atoms with E-state index in [4.69, 9.17) is 4.74 Å². The van der Waals surface area contributed by atoms with Crippen LogP contribution in [0, 0.1) is 17.8 Å². The number of fused-ring (bicyclic) bond motifs is 1. The Morgan fingerprint density at radius 3 is 2.74 bits per heavy atom. The minimum absolute atomic E-state index is 0.0867. The Kier molecular flexibility index (Phi) is 5.88. The van der Waals surface area contributed by atoms with Gasteiger partial charge in [-0.2, -0.15) is 0 Å². The lowest BCUT2D eigenvalue weighted by molar-refractivity contribution is -0.131. The molecule has 2 aliphatic heterocycles. The average molecular weight is 370 g/mol. The minimum atomic E-state index is -0.150. The first-order chi connectivity index (χ1) is 12.9. The highest BCUT2D eigenvalue weighted by Gasteiger charge is 2.36. The summed E-state index contributed by atoms with van der Waals surface area (Å²) in [4.78, 5) is 29.1. The molecule has 3 rings (SSSR count). The van der Waals surface area contributed by atoms with Gasteiger partial charge in [-0.05, 0) is 60.9 Å². The highest BCUT2D eigenvalue weighted by molar-refractivity contribution is 5.97. The third kappa shape index (κ3) is 4.02. The van der Waals surface area contributed by atoms with Gasteiger partial charge in [-0.1, -0.05) is 20.4 Å². The largest absolute Gasteiger partial charge is 0.497 e. The number of nitrogens with zero attached hydrogens (tertiary/aromatic N) is 2. The molecule has 2 heterocycles. The maximum Gasteiger partial charge on any atom is 0.245 e. The number of anilines is 1. The number of carbonyl (C=O) groups is 2. The molecule has 1 aromatic rings. The van der Waals surface area contributed by atoms with Crippen LogP contribution in [-0.2, 0) is 16.0 Å². The van der Waals surface area contributed by atoms with E-state index in [1.165, 1.54) is 11.6 Å². The van der Waals surface area contributed by atoms with Crippen molar-refractivity contribution in [3.8, 4) is 5.75 Å². The van der Waals surface area contributed by atoms with Crippen molar-refractivity contribution in [1.82, 2.24) is 4.90 Å². The van der Waals surface area contributed by atoms with Crippen molar-refractivity contribution in [3.63, 3.8) is 0 Å². The van der Waals surface area contributed by atoms with Gasteiger partial charge < -0.3 is 14.5 Å². The van der Waals surface area contributed by atoms with Crippen molar-refractivity contribution >= 4 is 17.5 Å². The van der Waals surface area contributed by atoms with Crippen molar-refractivity contribution in [3.05, 3.63) is 36.4 Å². The molecule has 1 saturated heterocycles. The summed E-state index contributed by atoms with van der Waals surface area (Å²) in [6.07, 6.45) is 3.98. The molecular weight excluding hydrogens is 340 g/mol. The lowest BCUT2D eigenvalue weighted by atomic mass is 9.83. The lowest BCUT2D eigenvalue weighted by Gasteiger charge is -2.40. The van der Waals surface area contributed by atoms with E-state index in [1.807, 2.05) is 17.0 Å². The van der Waals surface area contributed by atoms with E-state index in [9.17, 15) is 9.59 Å². The maximum atomic E-state index is 13.4. The second-order valence-electron chi connectivity index (χ2n) is 7.98. The molecule has 0 spiro atoms. The monoisotopic (exact) mass is 370 g/mol. The van der Waals surface area contributed by atoms with E-state index in [1.54, 1.807) is 12.0 Å². The quantitative estimate of drug-likeness (QED) is 0.764. The van der Waals surface area contributed by atoms with Crippen LogP contribution in [0.4, 0.5) is 5.69 Å². The number of piperidine rings is 1. The van der Waals surface area contributed by atoms with Crippen LogP contribution in [0.15, 0.2) is 30.9 Å². The molecule has 2 aliphatic rings. The number of ether oxygens (including phenoxy) is 1. The van der Waals surface area contributed by atoms with Gasteiger partial charge in [-0.3, -0.25) is 9.59 Å². The summed E-state index contributed by atoms with van der Waals surface area (Å²) in [6.45, 7) is 9.92. The van der Waals surface area contributed by atoms with Crippen molar-refractivity contribution in [2.75, 3.05) is 31.6 Å². The second-order valence-corrected chi connectivity index (χ2v) is 7.98. The Hall–Kier alpha value is -2.30. The highest BCUT2D eigenvalue weighted by atomic mass is 16.5. The van der Waals surface area contributed by atoms with E-state index in [-0.39, 0.29) is 17.7 Å². The molecule has 1 aromatic carbocycles. The number of rotatable bonds is 4. The zero-order valence-corrected chi connectivity index (χ0v) is 16.6. The molecule has 5 nitrogen and oxygen atoms in total. The number of hydrogen-bond acceptors (Lipinski definition) is 3. The summed E-state index contributed by atoms with van der Waals surface area (Å²) in [6, 6.07) is 5.97. The highest BCUT2D eigenvalue weighted by Crippen LogP contribution is 2.36. The lowest BCUT2D eigenvalue weighted by Crippen LogP contribution is -2.49. The van der Waals surface area contributed by atoms with Crippen LogP contribution in [0.25, 0.3) is 0 Å². The van der Waals surface area contributed by atoms with Crippen LogP contribution in [0.5, 0.6) is 5.75 Å². The minimum Gasteiger partial charge on any atom is -0.497 e. The van der Waals surface area contributed by atoms with Crippen molar-refractivity contribution in [2.24, 2.45) is 17.8 Å². The molecule has 2 amide bonds. The van der Waals surface area contributed by atoms with Crippen LogP contribution < -0.4 is 9.64 Å². The molecule has 1 fully saturated rings. The van der Waals surface area contributed by atoms with E-state index in [2.05, 4.69) is 26.5 Å². The van der Waals surface area contributed by atoms with Crippen LogP contribution in [0.2, 0.25) is 0 Å². The maximum absolute atomic E-state index is 13.4. The molecule has 2 unspecified atom stereocenters. The van der Waals surface area contributed by atoms with Gasteiger partial charge in [-0.25, -0.2) is 0 Å². The Morgan fingerprint density at radius 2 is 2.07 bits per heavy atom. The number of amides is 2. The predicted octanol–water partition coefficient (Wildman–Crippen LogP) is 3.28. The Balaban J connectivity index is 1.87. The smallest absolute Gasteiger partial charge is 0.245 e. The zero-order chi connectivity index (χ0) is 19.6. The van der Waals surface area contributed by atoms with Crippen LogP contribution in [0.3, 0.4) is 0 Å². The normalized spacial score (nSPS) is 22.4. The summed E-state index contributed by atoms with van der Waals surface area (Å²) < 4.78 is 5.38. The van der Waals surface area contributed by atoms with Gasteiger partial charge in [0.2, 0.25) is 11.8 Å². The first-order valence-corrected chi connectivity index (χ1v) is 9.84. The van der Waals surface area contributed by atoms with Crippen molar-refractivity contribution < 1.29 is 14.3 Å². The molecule has 0 radical (unpaired) electrons. The van der Waals surface area contributed by atoms with Gasteiger partial charge in [0.1, 0.15) is 5.75 Å². The van der Waals surface area contributed by atoms with E-state index in [0.717, 1.165) is 37.2 Å². The average Bonchev–Trinajstić information content (AvgIpc) is 2.71. The molecule has 0 N–H and O–H groups in total. The SMILES string of the molecule is C=CC(=O)N1CCCC(C(=O)N2CC(C(C)C)Cc3cc(OC)ccc32)C1. The molecule has 27 heavy (non-hydrogen) atoms. The summed E-state index contributed by atoms with van der Waals surface area (Å²) in [7, 11) is 1.67. The molecule has 5 heteroatoms. The summed E-state index contributed by atoms with van der Waals surface area (Å²) in [5.41, 5.74) is 2.16. The van der Waals surface area contributed by atoms with Gasteiger partial charge in [0.25, 0.3) is 0 Å². The van der Waals surface area contributed by atoms with Crippen LogP contribution in [0.1, 0.15) is 32.3 Å². The fourth-order valence-corrected chi connectivity index (χ4v) is 4.18. The number of carbonyl (C=O) groups excluding carboxylic acids is 2. The van der Waals surface area contributed by atoms with E-state index in [0.29, 0.717) is 24.9 Å². The van der Waals surface area contributed by atoms with Gasteiger partial charge in [-0.15, -0.1) is 0 Å². The summed E-state index contributed by atoms with van der Waals surface area (Å²) in [5, 5.41) is 0. The number of hydrogen-bond donors (Lipinski definition) is 0. The molecule has 0 bridgehead atoms. The first kappa shape index (κ1) is 19.5. The topological polar surface area (TPSA) is 49.9 Å². The second kappa shape index (κ2) is 8.15. The molecule has 2 atom stereocenters. The Labute approximate surface area is 162 Å². The molecule has 0 aliphatic carbocycles. The Morgan fingerprint density at radius 1 is 1.30 bits per heavy atom. The predicted molar refractivity (Wildman–Crippen MR) is 107 cm³/mol. The van der Waals surface area contributed by atoms with Crippen molar-refractivity contribution in [2.45, 2.75) is 33.1 Å². The fraction of sp³-hybridized carbons (Fsp3) is 0.545. The van der Waals surface area contributed by atoms with Gasteiger partial charge in [0, 0.05) is 25.3 Å². The number of methoxy groups -OCH3 is 1. The van der Waals surface area contributed by atoms with Gasteiger partial charge >= 0.3 is 0 Å². The molecular formula is C22H30N2O3. The third-order valence-electron chi connectivity index (χ3n) is 5.94. The Bertz CT molecular complexity index is 728. The summed E-state index contributed by atoms with van der Waals surface area (Å²) in [5.74, 6) is 1.63. The number of benzene rings is 1. The zero-order valence-electron chi connectivity index (χ0n) is 16.6. The summed E-state index contributed by atoms with van der Waals surface area (Å²) >= 11 is 0. The standard InChI is InChI=1S/C22H30N2O3/c1-5-21(25)23-10-6-7-16(13-23)22(26)24-14-18(15(2)3)11-17-12-19(27-4)8-9-20(17)24/h5,8-9,12,15-16,18H,1,6-7,10-11,13-14H2,2-4H3. The fourth-order valence-electron chi connectivity index (χ4n) is 4.18. The van der Waals surface area contributed by atoms with Crippen molar-refractivity contribution in [1.29, 1.82) is 0 Å². The van der Waals surface area contributed by atoms with Crippen LogP contribution in [-0.4, -0.2) is 43.5 Å².